The van der Waals surface area contributed by atoms with Crippen molar-refractivity contribution < 1.29 is 13.2 Å². The van der Waals surface area contributed by atoms with Gasteiger partial charge >= 0.3 is 0 Å². The predicted octanol–water partition coefficient (Wildman–Crippen LogP) is 5.93. The topological polar surface area (TPSA) is 21.1 Å². The molecule has 0 radical (unpaired) electrons. The van der Waals surface area contributed by atoms with Crippen molar-refractivity contribution in [3.63, 3.8) is 0 Å². The van der Waals surface area contributed by atoms with Gasteiger partial charge in [-0.2, -0.15) is 5.10 Å². The minimum absolute atomic E-state index is 0.173. The molecule has 28 heavy (non-hydrogen) atoms. The van der Waals surface area contributed by atoms with Gasteiger partial charge in [0, 0.05) is 41.3 Å². The lowest BCUT2D eigenvalue weighted by atomic mass is 9.93. The lowest BCUT2D eigenvalue weighted by Gasteiger charge is -2.32. The second-order valence-corrected chi connectivity index (χ2v) is 9.52. The fraction of sp³-hybridized carbons (Fsp3) is 0.571. The van der Waals surface area contributed by atoms with Gasteiger partial charge in [-0.3, -0.25) is 0 Å². The Morgan fingerprint density at radius 3 is 2.61 bits per heavy atom. The maximum Gasteiger partial charge on any atom is 0.271 e. The van der Waals surface area contributed by atoms with E-state index in [0.717, 1.165) is 37.5 Å². The summed E-state index contributed by atoms with van der Waals surface area (Å²) in [5, 5.41) is 4.88. The molecule has 1 aromatic heterocycles. The molecular weight excluding hydrogens is 383 g/mol. The van der Waals surface area contributed by atoms with Crippen LogP contribution in [0.4, 0.5) is 19.0 Å². The highest BCUT2D eigenvalue weighted by molar-refractivity contribution is 8.00. The minimum atomic E-state index is -3.06. The van der Waals surface area contributed by atoms with Crippen molar-refractivity contribution >= 4 is 17.6 Å². The summed E-state index contributed by atoms with van der Waals surface area (Å²) < 4.78 is 43.6. The van der Waals surface area contributed by atoms with Crippen LogP contribution in [0.3, 0.4) is 0 Å². The number of benzene rings is 1. The van der Waals surface area contributed by atoms with Gasteiger partial charge < -0.3 is 4.90 Å². The summed E-state index contributed by atoms with van der Waals surface area (Å²) in [6.45, 7) is 5.79. The number of hydrogen-bond acceptors (Lipinski definition) is 3. The Balaban J connectivity index is 1.55. The second kappa shape index (κ2) is 7.32. The maximum absolute atomic E-state index is 14.0. The fourth-order valence-corrected chi connectivity index (χ4v) is 5.61. The Bertz CT molecular complexity index is 857. The molecule has 1 saturated carbocycles. The van der Waals surface area contributed by atoms with Gasteiger partial charge in [-0.1, -0.05) is 0 Å². The molecule has 0 N–H and O–H groups in total. The number of nitrogens with zero attached hydrogens (tertiary/aromatic N) is 3. The van der Waals surface area contributed by atoms with Gasteiger partial charge in [0.25, 0.3) is 5.92 Å². The van der Waals surface area contributed by atoms with E-state index < -0.39 is 11.7 Å². The largest absolute Gasteiger partial charge is 0.353 e. The Kier molecular flexibility index (Phi) is 5.14. The number of rotatable bonds is 5. The fourth-order valence-electron chi connectivity index (χ4n) is 4.13. The van der Waals surface area contributed by atoms with Crippen molar-refractivity contribution in [2.45, 2.75) is 74.6 Å². The maximum atomic E-state index is 14.0. The van der Waals surface area contributed by atoms with Gasteiger partial charge in [0.15, 0.2) is 0 Å². The number of aryl methyl sites for hydroxylation is 1. The summed E-state index contributed by atoms with van der Waals surface area (Å²) >= 11 is 1.44. The molecule has 1 saturated heterocycles. The number of anilines is 1. The number of aromatic nitrogens is 2. The normalized spacial score (nSPS) is 23.3. The van der Waals surface area contributed by atoms with E-state index in [1.54, 1.807) is 0 Å². The summed E-state index contributed by atoms with van der Waals surface area (Å²) in [6.07, 6.45) is 4.47. The predicted molar refractivity (Wildman–Crippen MR) is 107 cm³/mol. The van der Waals surface area contributed by atoms with Gasteiger partial charge in [-0.15, -0.1) is 11.8 Å². The van der Waals surface area contributed by atoms with Gasteiger partial charge in [0.2, 0.25) is 0 Å². The molecule has 0 amide bonds. The second-order valence-electron chi connectivity index (χ2n) is 8.18. The van der Waals surface area contributed by atoms with Crippen LogP contribution in [0.15, 0.2) is 29.2 Å². The molecule has 0 unspecified atom stereocenters. The van der Waals surface area contributed by atoms with Crippen LogP contribution in [0.1, 0.15) is 56.8 Å². The van der Waals surface area contributed by atoms with Crippen molar-refractivity contribution in [1.29, 1.82) is 0 Å². The summed E-state index contributed by atoms with van der Waals surface area (Å²) in [4.78, 5) is 2.82. The molecule has 2 heterocycles. The molecule has 2 fully saturated rings. The van der Waals surface area contributed by atoms with Crippen molar-refractivity contribution in [2.75, 3.05) is 11.4 Å². The monoisotopic (exact) mass is 409 g/mol. The molecule has 152 valence electrons. The number of hydrogen-bond donors (Lipinski definition) is 0. The van der Waals surface area contributed by atoms with E-state index in [9.17, 15) is 13.2 Å². The van der Waals surface area contributed by atoms with Gasteiger partial charge in [-0.25, -0.2) is 17.9 Å². The van der Waals surface area contributed by atoms with Crippen molar-refractivity contribution in [1.82, 2.24) is 9.78 Å². The summed E-state index contributed by atoms with van der Waals surface area (Å²) in [5.74, 6) is -2.55. The molecule has 1 aliphatic heterocycles. The highest BCUT2D eigenvalue weighted by Gasteiger charge is 2.36. The Hall–Kier alpha value is -1.63. The first-order chi connectivity index (χ1) is 13.2. The van der Waals surface area contributed by atoms with E-state index in [1.807, 2.05) is 6.92 Å². The number of thioether (sulfide) groups is 1. The lowest BCUT2D eigenvalue weighted by Crippen LogP contribution is -2.31. The zero-order chi connectivity index (χ0) is 20.1. The number of halogens is 3. The van der Waals surface area contributed by atoms with E-state index in [4.69, 9.17) is 5.10 Å². The highest BCUT2D eigenvalue weighted by Crippen LogP contribution is 2.42. The first kappa shape index (κ1) is 19.7. The van der Waals surface area contributed by atoms with E-state index in [-0.39, 0.29) is 10.8 Å². The van der Waals surface area contributed by atoms with Crippen LogP contribution in [-0.2, 0) is 5.92 Å². The smallest absolute Gasteiger partial charge is 0.271 e. The molecule has 7 heteroatoms. The highest BCUT2D eigenvalue weighted by atomic mass is 32.2. The SMILES string of the molecule is Cc1cc(N2C[C@H](Sc3ccc(F)cc3C(C)(F)F)C[C@H]2C)n(C2CCC2)n1. The van der Waals surface area contributed by atoms with Crippen LogP contribution >= 0.6 is 11.8 Å². The van der Waals surface area contributed by atoms with Crippen LogP contribution < -0.4 is 4.90 Å². The zero-order valence-electron chi connectivity index (χ0n) is 16.5. The van der Waals surface area contributed by atoms with Crippen molar-refractivity contribution in [3.05, 3.63) is 41.3 Å². The molecule has 0 spiro atoms. The average Bonchev–Trinajstić information content (AvgIpc) is 3.09. The van der Waals surface area contributed by atoms with Gasteiger partial charge in [0.1, 0.15) is 11.6 Å². The van der Waals surface area contributed by atoms with Crippen LogP contribution in [0.2, 0.25) is 0 Å². The molecule has 2 aliphatic rings. The van der Waals surface area contributed by atoms with Crippen molar-refractivity contribution in [2.24, 2.45) is 0 Å². The van der Waals surface area contributed by atoms with E-state index in [2.05, 4.69) is 22.6 Å². The molecule has 0 bridgehead atoms. The molecule has 1 aliphatic carbocycles. The van der Waals surface area contributed by atoms with Crippen LogP contribution in [-0.4, -0.2) is 27.6 Å². The summed E-state index contributed by atoms with van der Waals surface area (Å²) in [7, 11) is 0. The third kappa shape index (κ3) is 3.78. The van der Waals surface area contributed by atoms with Gasteiger partial charge in [0.05, 0.1) is 11.7 Å². The first-order valence-corrected chi connectivity index (χ1v) is 10.8. The zero-order valence-corrected chi connectivity index (χ0v) is 17.3. The van der Waals surface area contributed by atoms with E-state index in [0.29, 0.717) is 17.0 Å². The van der Waals surface area contributed by atoms with Crippen LogP contribution in [0.5, 0.6) is 0 Å². The Morgan fingerprint density at radius 2 is 1.96 bits per heavy atom. The minimum Gasteiger partial charge on any atom is -0.353 e. The average molecular weight is 410 g/mol. The standard InChI is InChI=1S/C21H26F3N3S/c1-13-9-20(27(25-13)16-5-4-6-16)26-12-17(10-14(26)2)28-19-8-7-15(22)11-18(19)21(3,23)24/h7-9,11,14,16-17H,4-6,10,12H2,1-3H3/t14-,17-/m1/s1. The third-order valence-corrected chi connectivity index (χ3v) is 7.08. The third-order valence-electron chi connectivity index (χ3n) is 5.80. The van der Waals surface area contributed by atoms with Crippen molar-refractivity contribution in [3.8, 4) is 0 Å². The summed E-state index contributed by atoms with van der Waals surface area (Å²) in [5.41, 5.74) is 0.788. The molecular formula is C21H26F3N3S. The molecule has 3 nitrogen and oxygen atoms in total. The van der Waals surface area contributed by atoms with Gasteiger partial charge in [-0.05, 0) is 57.7 Å². The Labute approximate surface area is 168 Å². The van der Waals surface area contributed by atoms with E-state index in [1.165, 1.54) is 43.2 Å². The molecule has 1 aromatic carbocycles. The Morgan fingerprint density at radius 1 is 1.21 bits per heavy atom. The molecule has 2 atom stereocenters. The molecule has 4 rings (SSSR count). The quantitative estimate of drug-likeness (QED) is 0.611. The molecule has 2 aromatic rings. The lowest BCUT2D eigenvalue weighted by molar-refractivity contribution is 0.0143. The first-order valence-electron chi connectivity index (χ1n) is 9.89. The van der Waals surface area contributed by atoms with Crippen LogP contribution in [0.25, 0.3) is 0 Å². The number of alkyl halides is 2. The summed E-state index contributed by atoms with van der Waals surface area (Å²) in [6, 6.07) is 6.63. The van der Waals surface area contributed by atoms with E-state index >= 15 is 0 Å². The van der Waals surface area contributed by atoms with Crippen LogP contribution in [0, 0.1) is 12.7 Å².